The third-order valence-electron chi connectivity index (χ3n) is 5.73. The summed E-state index contributed by atoms with van der Waals surface area (Å²) in [6.45, 7) is 2.51. The van der Waals surface area contributed by atoms with E-state index < -0.39 is 17.8 Å². The molecule has 9 nitrogen and oxygen atoms in total. The van der Waals surface area contributed by atoms with Gasteiger partial charge < -0.3 is 19.4 Å². The Hall–Kier alpha value is -4.21. The molecule has 1 aromatic carbocycles. The van der Waals surface area contributed by atoms with Crippen LogP contribution in [0.3, 0.4) is 0 Å². The van der Waals surface area contributed by atoms with E-state index in [0.29, 0.717) is 47.0 Å². The van der Waals surface area contributed by atoms with Gasteiger partial charge in [-0.3, -0.25) is 9.20 Å². The van der Waals surface area contributed by atoms with Crippen LogP contribution >= 0.6 is 0 Å². The standard InChI is InChI=1S/C23H20FN5O4/c1-13-16(24)7-14(22-26-10-19(33-22)15-11-28(12-15)23(31)32-2)8-17(13)27-21(30)18-9-25-20-5-3-4-6-29(18)20/h3-10,15H,11-12H2,1-2H3,(H,27,30). The van der Waals surface area contributed by atoms with Gasteiger partial charge in [-0.2, -0.15) is 0 Å². The number of rotatable bonds is 4. The topological polar surface area (TPSA) is 102 Å². The number of anilines is 1. The molecule has 0 atom stereocenters. The van der Waals surface area contributed by atoms with Gasteiger partial charge in [-0.15, -0.1) is 0 Å². The normalized spacial score (nSPS) is 13.7. The van der Waals surface area contributed by atoms with E-state index in [1.807, 2.05) is 6.07 Å². The molecule has 3 aromatic heterocycles. The molecule has 1 N–H and O–H groups in total. The van der Waals surface area contributed by atoms with Crippen molar-refractivity contribution < 1.29 is 23.1 Å². The predicted octanol–water partition coefficient (Wildman–Crippen LogP) is 3.85. The van der Waals surface area contributed by atoms with Crippen LogP contribution in [0.15, 0.2) is 53.3 Å². The molecule has 1 aliphatic heterocycles. The summed E-state index contributed by atoms with van der Waals surface area (Å²) < 4.78 is 26.9. The van der Waals surface area contributed by atoms with Gasteiger partial charge in [-0.25, -0.2) is 19.2 Å². The van der Waals surface area contributed by atoms with Gasteiger partial charge >= 0.3 is 6.09 Å². The fourth-order valence-corrected chi connectivity index (χ4v) is 3.76. The summed E-state index contributed by atoms with van der Waals surface area (Å²) in [5.74, 6) is -0.0943. The monoisotopic (exact) mass is 449 g/mol. The summed E-state index contributed by atoms with van der Waals surface area (Å²) in [7, 11) is 1.33. The van der Waals surface area contributed by atoms with Crippen molar-refractivity contribution in [3.8, 4) is 11.5 Å². The van der Waals surface area contributed by atoms with Gasteiger partial charge in [0.1, 0.15) is 22.9 Å². The number of pyridine rings is 1. The molecule has 0 bridgehead atoms. The van der Waals surface area contributed by atoms with E-state index in [0.717, 1.165) is 0 Å². The molecule has 33 heavy (non-hydrogen) atoms. The summed E-state index contributed by atoms with van der Waals surface area (Å²) in [5.41, 5.74) is 1.95. The van der Waals surface area contributed by atoms with E-state index in [-0.39, 0.29) is 11.8 Å². The van der Waals surface area contributed by atoms with Crippen molar-refractivity contribution in [2.24, 2.45) is 0 Å². The van der Waals surface area contributed by atoms with Crippen LogP contribution in [0.2, 0.25) is 0 Å². The van der Waals surface area contributed by atoms with Crippen LogP contribution in [-0.4, -0.2) is 51.5 Å². The Morgan fingerprint density at radius 1 is 1.21 bits per heavy atom. The van der Waals surface area contributed by atoms with Crippen molar-refractivity contribution in [1.29, 1.82) is 0 Å². The van der Waals surface area contributed by atoms with Crippen molar-refractivity contribution in [3.63, 3.8) is 0 Å². The Kier molecular flexibility index (Phi) is 5.04. The zero-order valence-corrected chi connectivity index (χ0v) is 17.9. The number of methoxy groups -OCH3 is 1. The Bertz CT molecular complexity index is 1370. The summed E-state index contributed by atoms with van der Waals surface area (Å²) >= 11 is 0. The van der Waals surface area contributed by atoms with Crippen molar-refractivity contribution in [3.05, 3.63) is 71.8 Å². The summed E-state index contributed by atoms with van der Waals surface area (Å²) in [5, 5.41) is 2.77. The Morgan fingerprint density at radius 2 is 2.03 bits per heavy atom. The number of aromatic nitrogens is 3. The molecule has 10 heteroatoms. The highest BCUT2D eigenvalue weighted by molar-refractivity contribution is 6.04. The molecule has 0 unspecified atom stereocenters. The number of carbonyl (C=O) groups is 2. The molecule has 4 aromatic rings. The summed E-state index contributed by atoms with van der Waals surface area (Å²) in [4.78, 5) is 34.4. The molecular weight excluding hydrogens is 429 g/mol. The molecule has 4 heterocycles. The lowest BCUT2D eigenvalue weighted by Gasteiger charge is -2.36. The smallest absolute Gasteiger partial charge is 0.409 e. The van der Waals surface area contributed by atoms with Crippen molar-refractivity contribution in [2.75, 3.05) is 25.5 Å². The van der Waals surface area contributed by atoms with E-state index >= 15 is 0 Å². The van der Waals surface area contributed by atoms with E-state index in [2.05, 4.69) is 15.3 Å². The van der Waals surface area contributed by atoms with Crippen molar-refractivity contribution in [2.45, 2.75) is 12.8 Å². The number of oxazole rings is 1. The highest BCUT2D eigenvalue weighted by Crippen LogP contribution is 2.32. The number of hydrogen-bond acceptors (Lipinski definition) is 6. The predicted molar refractivity (Wildman–Crippen MR) is 116 cm³/mol. The number of ether oxygens (including phenoxy) is 1. The molecule has 0 spiro atoms. The molecule has 2 amide bonds. The van der Waals surface area contributed by atoms with Crippen LogP contribution in [0, 0.1) is 12.7 Å². The number of likely N-dealkylation sites (tertiary alicyclic amines) is 1. The van der Waals surface area contributed by atoms with Gasteiger partial charge in [-0.05, 0) is 31.2 Å². The van der Waals surface area contributed by atoms with E-state index in [1.54, 1.807) is 46.8 Å². The Morgan fingerprint density at radius 3 is 2.82 bits per heavy atom. The van der Waals surface area contributed by atoms with Crippen LogP contribution in [0.1, 0.15) is 27.7 Å². The third kappa shape index (κ3) is 3.69. The quantitative estimate of drug-likeness (QED) is 0.508. The molecule has 0 radical (unpaired) electrons. The first-order valence-corrected chi connectivity index (χ1v) is 10.3. The van der Waals surface area contributed by atoms with Crippen LogP contribution in [-0.2, 0) is 4.74 Å². The number of nitrogens with zero attached hydrogens (tertiary/aromatic N) is 4. The fourth-order valence-electron chi connectivity index (χ4n) is 3.76. The maximum absolute atomic E-state index is 14.7. The number of halogens is 1. The SMILES string of the molecule is COC(=O)N1CC(c2cnc(-c3cc(F)c(C)c(NC(=O)c4cnc5ccccn45)c3)o2)C1. The van der Waals surface area contributed by atoms with Gasteiger partial charge in [-0.1, -0.05) is 6.07 Å². The first-order valence-electron chi connectivity index (χ1n) is 10.3. The molecular formula is C23H20FN5O4. The second-order valence-corrected chi connectivity index (χ2v) is 7.80. The third-order valence-corrected chi connectivity index (χ3v) is 5.73. The molecule has 0 aliphatic carbocycles. The first-order chi connectivity index (χ1) is 15.9. The zero-order valence-electron chi connectivity index (χ0n) is 17.9. The van der Waals surface area contributed by atoms with Gasteiger partial charge in [0, 0.05) is 36.1 Å². The second kappa shape index (κ2) is 8.05. The van der Waals surface area contributed by atoms with Crippen LogP contribution in [0.4, 0.5) is 14.9 Å². The average Bonchev–Trinajstić information content (AvgIpc) is 3.43. The Labute approximate surface area is 187 Å². The minimum atomic E-state index is -0.499. The highest BCUT2D eigenvalue weighted by Gasteiger charge is 2.35. The number of imidazole rings is 1. The molecule has 168 valence electrons. The molecule has 1 aliphatic rings. The lowest BCUT2D eigenvalue weighted by Crippen LogP contribution is -2.48. The van der Waals surface area contributed by atoms with Gasteiger partial charge in [0.2, 0.25) is 5.89 Å². The minimum absolute atomic E-state index is 0.00466. The maximum atomic E-state index is 14.7. The maximum Gasteiger partial charge on any atom is 0.409 e. The van der Waals surface area contributed by atoms with Crippen LogP contribution < -0.4 is 5.32 Å². The van der Waals surface area contributed by atoms with Crippen LogP contribution in [0.5, 0.6) is 0 Å². The van der Waals surface area contributed by atoms with Gasteiger partial charge in [0.15, 0.2) is 0 Å². The van der Waals surface area contributed by atoms with Crippen molar-refractivity contribution in [1.82, 2.24) is 19.3 Å². The number of amides is 2. The number of nitrogens with one attached hydrogen (secondary N) is 1. The zero-order chi connectivity index (χ0) is 23.1. The van der Waals surface area contributed by atoms with Gasteiger partial charge in [0.05, 0.1) is 25.4 Å². The van der Waals surface area contributed by atoms with E-state index in [4.69, 9.17) is 9.15 Å². The van der Waals surface area contributed by atoms with Crippen molar-refractivity contribution >= 4 is 23.3 Å². The molecule has 0 saturated carbocycles. The fraction of sp³-hybridized carbons (Fsp3) is 0.217. The first kappa shape index (κ1) is 20.7. The summed E-state index contributed by atoms with van der Waals surface area (Å²) in [6, 6.07) is 8.35. The van der Waals surface area contributed by atoms with E-state index in [1.165, 1.54) is 19.4 Å². The van der Waals surface area contributed by atoms with Crippen LogP contribution in [0.25, 0.3) is 17.1 Å². The van der Waals surface area contributed by atoms with Gasteiger partial charge in [0.25, 0.3) is 5.91 Å². The molecule has 1 fully saturated rings. The highest BCUT2D eigenvalue weighted by atomic mass is 19.1. The number of fused-ring (bicyclic) bond motifs is 1. The number of hydrogen-bond donors (Lipinski definition) is 1. The number of benzene rings is 1. The minimum Gasteiger partial charge on any atom is -0.453 e. The molecule has 5 rings (SSSR count). The lowest BCUT2D eigenvalue weighted by atomic mass is 9.99. The average molecular weight is 449 g/mol. The summed E-state index contributed by atoms with van der Waals surface area (Å²) in [6.07, 6.45) is 4.38. The Balaban J connectivity index is 1.38. The molecule has 1 saturated heterocycles. The van der Waals surface area contributed by atoms with E-state index in [9.17, 15) is 14.0 Å². The number of carbonyl (C=O) groups excluding carboxylic acids is 2. The lowest BCUT2D eigenvalue weighted by molar-refractivity contribution is 0.0835. The second-order valence-electron chi connectivity index (χ2n) is 7.80. The largest absolute Gasteiger partial charge is 0.453 e.